The van der Waals surface area contributed by atoms with Gasteiger partial charge in [0, 0.05) is 12.1 Å². The Labute approximate surface area is 92.4 Å². The van der Waals surface area contributed by atoms with Gasteiger partial charge in [0.05, 0.1) is 18.6 Å². The Hall–Kier alpha value is -1.62. The van der Waals surface area contributed by atoms with E-state index in [0.717, 1.165) is 24.9 Å². The molecule has 0 aliphatic carbocycles. The Morgan fingerprint density at radius 1 is 1.38 bits per heavy atom. The predicted molar refractivity (Wildman–Crippen MR) is 54.3 cm³/mol. The Balaban J connectivity index is 1.97. The molecule has 3 rings (SSSR count). The lowest BCUT2D eigenvalue weighted by Crippen LogP contribution is -2.56. The summed E-state index contributed by atoms with van der Waals surface area (Å²) in [6.07, 6.45) is 4.90. The van der Waals surface area contributed by atoms with Gasteiger partial charge >= 0.3 is 0 Å². The molecule has 1 N–H and O–H groups in total. The molecule has 2 saturated heterocycles. The largest absolute Gasteiger partial charge is 0.472 e. The molecule has 2 aliphatic heterocycles. The van der Waals surface area contributed by atoms with Crippen LogP contribution in [0, 0.1) is 0 Å². The maximum atomic E-state index is 11.8. The lowest BCUT2D eigenvalue weighted by molar-refractivity contribution is -0.143. The molecule has 0 saturated carbocycles. The van der Waals surface area contributed by atoms with Crippen molar-refractivity contribution in [2.75, 3.05) is 6.54 Å². The zero-order valence-corrected chi connectivity index (χ0v) is 8.68. The molecule has 0 radical (unpaired) electrons. The summed E-state index contributed by atoms with van der Waals surface area (Å²) in [5, 5.41) is 2.43. The summed E-state index contributed by atoms with van der Waals surface area (Å²) in [5.41, 5.74) is 0.817. The van der Waals surface area contributed by atoms with Crippen molar-refractivity contribution in [1.29, 1.82) is 0 Å². The molecule has 5 heteroatoms. The maximum absolute atomic E-state index is 11.8. The number of hydrogen-bond acceptors (Lipinski definition) is 4. The SMILES string of the molecule is O=C1NC(=O)[C@@H]2CCCN2[C@H]1c1ccoc1. The molecule has 84 valence electrons. The van der Waals surface area contributed by atoms with Gasteiger partial charge in [-0.2, -0.15) is 0 Å². The van der Waals surface area contributed by atoms with Crippen LogP contribution in [0.4, 0.5) is 0 Å². The summed E-state index contributed by atoms with van der Waals surface area (Å²) >= 11 is 0. The van der Waals surface area contributed by atoms with E-state index in [4.69, 9.17) is 4.42 Å². The highest BCUT2D eigenvalue weighted by Crippen LogP contribution is 2.32. The fourth-order valence-electron chi connectivity index (χ4n) is 2.58. The average Bonchev–Trinajstić information content (AvgIpc) is 2.86. The summed E-state index contributed by atoms with van der Waals surface area (Å²) < 4.78 is 5.00. The average molecular weight is 220 g/mol. The normalized spacial score (nSPS) is 30.2. The van der Waals surface area contributed by atoms with Crippen molar-refractivity contribution in [2.45, 2.75) is 24.9 Å². The van der Waals surface area contributed by atoms with Crippen molar-refractivity contribution in [2.24, 2.45) is 0 Å². The van der Waals surface area contributed by atoms with Gasteiger partial charge in [0.1, 0.15) is 6.04 Å². The van der Waals surface area contributed by atoms with E-state index in [9.17, 15) is 9.59 Å². The Morgan fingerprint density at radius 2 is 2.25 bits per heavy atom. The molecule has 0 aromatic carbocycles. The number of nitrogens with one attached hydrogen (secondary N) is 1. The van der Waals surface area contributed by atoms with Crippen LogP contribution in [0.5, 0.6) is 0 Å². The summed E-state index contributed by atoms with van der Waals surface area (Å²) in [5.74, 6) is -0.410. The molecular weight excluding hydrogens is 208 g/mol. The number of nitrogens with zero attached hydrogens (tertiary/aromatic N) is 1. The highest BCUT2D eigenvalue weighted by atomic mass is 16.3. The first-order chi connectivity index (χ1) is 7.77. The number of carbonyl (C=O) groups is 2. The van der Waals surface area contributed by atoms with Gasteiger partial charge in [0.2, 0.25) is 11.8 Å². The van der Waals surface area contributed by atoms with Gasteiger partial charge in [-0.25, -0.2) is 0 Å². The third-order valence-corrected chi connectivity index (χ3v) is 3.28. The van der Waals surface area contributed by atoms with E-state index < -0.39 is 0 Å². The number of hydrogen-bond donors (Lipinski definition) is 1. The van der Waals surface area contributed by atoms with Crippen LogP contribution in [-0.2, 0) is 9.59 Å². The van der Waals surface area contributed by atoms with Crippen molar-refractivity contribution in [1.82, 2.24) is 10.2 Å². The van der Waals surface area contributed by atoms with Gasteiger partial charge in [0.25, 0.3) is 0 Å². The monoisotopic (exact) mass is 220 g/mol. The first-order valence-corrected chi connectivity index (χ1v) is 5.40. The second kappa shape index (κ2) is 3.45. The molecule has 0 spiro atoms. The lowest BCUT2D eigenvalue weighted by atomic mass is 10.0. The van der Waals surface area contributed by atoms with Crippen molar-refractivity contribution in [3.05, 3.63) is 24.2 Å². The van der Waals surface area contributed by atoms with Gasteiger partial charge < -0.3 is 4.42 Å². The van der Waals surface area contributed by atoms with Gasteiger partial charge in [0.15, 0.2) is 0 Å². The molecule has 2 atom stereocenters. The Bertz CT molecular complexity index is 426. The molecular formula is C11H12N2O3. The molecule has 0 unspecified atom stereocenters. The van der Waals surface area contributed by atoms with Crippen molar-refractivity contribution in [3.8, 4) is 0 Å². The molecule has 5 nitrogen and oxygen atoms in total. The zero-order valence-electron chi connectivity index (χ0n) is 8.68. The molecule has 3 heterocycles. The van der Waals surface area contributed by atoms with E-state index in [2.05, 4.69) is 5.32 Å². The number of fused-ring (bicyclic) bond motifs is 1. The van der Waals surface area contributed by atoms with E-state index in [1.165, 1.54) is 0 Å². The predicted octanol–water partition coefficient (Wildman–Crippen LogP) is 0.441. The van der Waals surface area contributed by atoms with Crippen LogP contribution in [0.25, 0.3) is 0 Å². The number of carbonyl (C=O) groups excluding carboxylic acids is 2. The van der Waals surface area contributed by atoms with Crippen LogP contribution >= 0.6 is 0 Å². The van der Waals surface area contributed by atoms with E-state index in [1.807, 2.05) is 4.90 Å². The fraction of sp³-hybridized carbons (Fsp3) is 0.455. The number of imide groups is 1. The van der Waals surface area contributed by atoms with E-state index in [0.29, 0.717) is 0 Å². The molecule has 16 heavy (non-hydrogen) atoms. The van der Waals surface area contributed by atoms with E-state index in [1.54, 1.807) is 18.6 Å². The maximum Gasteiger partial charge on any atom is 0.248 e. The zero-order chi connectivity index (χ0) is 11.1. The first kappa shape index (κ1) is 9.59. The van der Waals surface area contributed by atoms with E-state index in [-0.39, 0.29) is 23.9 Å². The number of amides is 2. The van der Waals surface area contributed by atoms with Crippen molar-refractivity contribution < 1.29 is 14.0 Å². The minimum absolute atomic E-state index is 0.155. The van der Waals surface area contributed by atoms with Crippen LogP contribution in [0.2, 0.25) is 0 Å². The van der Waals surface area contributed by atoms with Gasteiger partial charge in [-0.15, -0.1) is 0 Å². The number of rotatable bonds is 1. The fourth-order valence-corrected chi connectivity index (χ4v) is 2.58. The quantitative estimate of drug-likeness (QED) is 0.698. The summed E-state index contributed by atoms with van der Waals surface area (Å²) in [6.45, 7) is 0.791. The molecule has 2 aliphatic rings. The first-order valence-electron chi connectivity index (χ1n) is 5.40. The second-order valence-corrected chi connectivity index (χ2v) is 4.21. The van der Waals surface area contributed by atoms with Crippen LogP contribution in [0.1, 0.15) is 24.4 Å². The lowest BCUT2D eigenvalue weighted by Gasteiger charge is -2.35. The molecule has 2 amide bonds. The van der Waals surface area contributed by atoms with Gasteiger partial charge in [-0.1, -0.05) is 0 Å². The Kier molecular flexibility index (Phi) is 2.07. The topological polar surface area (TPSA) is 62.6 Å². The molecule has 0 bridgehead atoms. The number of furan rings is 1. The summed E-state index contributed by atoms with van der Waals surface area (Å²) in [4.78, 5) is 25.4. The highest BCUT2D eigenvalue weighted by molar-refractivity contribution is 6.03. The van der Waals surface area contributed by atoms with E-state index >= 15 is 0 Å². The van der Waals surface area contributed by atoms with Crippen LogP contribution < -0.4 is 5.32 Å². The second-order valence-electron chi connectivity index (χ2n) is 4.21. The minimum Gasteiger partial charge on any atom is -0.472 e. The summed E-state index contributed by atoms with van der Waals surface area (Å²) in [7, 11) is 0. The summed E-state index contributed by atoms with van der Waals surface area (Å²) in [6, 6.07) is 1.25. The van der Waals surface area contributed by atoms with Gasteiger partial charge in [-0.05, 0) is 18.9 Å². The van der Waals surface area contributed by atoms with Crippen molar-refractivity contribution in [3.63, 3.8) is 0 Å². The minimum atomic E-state index is -0.371. The molecule has 1 aromatic rings. The molecule has 2 fully saturated rings. The van der Waals surface area contributed by atoms with Gasteiger partial charge in [-0.3, -0.25) is 19.8 Å². The Morgan fingerprint density at radius 3 is 3.00 bits per heavy atom. The smallest absolute Gasteiger partial charge is 0.248 e. The van der Waals surface area contributed by atoms with Crippen LogP contribution in [-0.4, -0.2) is 29.3 Å². The number of piperazine rings is 1. The standard InChI is InChI=1S/C11H12N2O3/c14-10-8-2-1-4-13(8)9(11(15)12-10)7-3-5-16-6-7/h3,5-6,8-9H,1-2,4H2,(H,12,14,15)/t8-,9-/m0/s1. The van der Waals surface area contributed by atoms with Crippen LogP contribution in [0.15, 0.2) is 23.0 Å². The highest BCUT2D eigenvalue weighted by Gasteiger charge is 2.44. The van der Waals surface area contributed by atoms with Crippen molar-refractivity contribution >= 4 is 11.8 Å². The third kappa shape index (κ3) is 1.28. The third-order valence-electron chi connectivity index (χ3n) is 3.28. The molecule has 1 aromatic heterocycles. The van der Waals surface area contributed by atoms with Crippen LogP contribution in [0.3, 0.4) is 0 Å².